The quantitative estimate of drug-likeness (QED) is 0.747. The zero-order chi connectivity index (χ0) is 12.4. The molecule has 17 heavy (non-hydrogen) atoms. The number of aliphatic carboxylic acids is 1. The van der Waals surface area contributed by atoms with Crippen molar-refractivity contribution < 1.29 is 14.7 Å². The molecule has 96 valence electrons. The topological polar surface area (TPSA) is 57.6 Å². The number of rotatable bonds is 2. The van der Waals surface area contributed by atoms with Crippen LogP contribution in [0.5, 0.6) is 0 Å². The molecule has 0 aromatic carbocycles. The normalized spacial score (nSPS) is 30.5. The first-order chi connectivity index (χ1) is 8.09. The second kappa shape index (κ2) is 5.07. The molecule has 1 aliphatic carbocycles. The molecular weight excluding hydrogens is 218 g/mol. The second-order valence-corrected chi connectivity index (χ2v) is 5.44. The maximum absolute atomic E-state index is 12.0. The Hall–Kier alpha value is -1.06. The Labute approximate surface area is 102 Å². The van der Waals surface area contributed by atoms with Crippen LogP contribution in [0.1, 0.15) is 39.0 Å². The summed E-state index contributed by atoms with van der Waals surface area (Å²) in [4.78, 5) is 24.5. The summed E-state index contributed by atoms with van der Waals surface area (Å²) in [6, 6.07) is 0. The molecule has 1 saturated carbocycles. The number of carboxylic acid groups (broad SMARTS) is 1. The van der Waals surface area contributed by atoms with Gasteiger partial charge in [-0.2, -0.15) is 0 Å². The van der Waals surface area contributed by atoms with Gasteiger partial charge in [0.2, 0.25) is 5.91 Å². The summed E-state index contributed by atoms with van der Waals surface area (Å²) in [6.07, 6.45) is 6.14. The van der Waals surface area contributed by atoms with Gasteiger partial charge in [-0.1, -0.05) is 19.3 Å². The van der Waals surface area contributed by atoms with Gasteiger partial charge in [-0.15, -0.1) is 0 Å². The molecular formula is C13H21NO3. The number of amides is 1. The monoisotopic (exact) mass is 239 g/mol. The van der Waals surface area contributed by atoms with Gasteiger partial charge >= 0.3 is 5.97 Å². The Balaban J connectivity index is 1.95. The number of fused-ring (bicyclic) bond motifs is 1. The summed E-state index contributed by atoms with van der Waals surface area (Å²) in [5, 5.41) is 8.87. The summed E-state index contributed by atoms with van der Waals surface area (Å²) in [5.74, 6) is -0.729. The Bertz CT molecular complexity index is 316. The Kier molecular flexibility index (Phi) is 3.69. The minimum absolute atomic E-state index is 0.207. The van der Waals surface area contributed by atoms with Gasteiger partial charge in [0.25, 0.3) is 0 Å². The van der Waals surface area contributed by atoms with Gasteiger partial charge in [-0.25, -0.2) is 0 Å². The third-order valence-electron chi connectivity index (χ3n) is 4.34. The standard InChI is InChI=1S/C13H21NO3/c1-9(13(16)17)12(15)14-7-6-10-4-2-3-5-11(10)8-14/h9-11H,2-8H2,1H3,(H,16,17)/t9?,10-,11-/m0/s1. The van der Waals surface area contributed by atoms with Crippen molar-refractivity contribution in [2.24, 2.45) is 17.8 Å². The fourth-order valence-corrected chi connectivity index (χ4v) is 3.18. The lowest BCUT2D eigenvalue weighted by atomic mass is 9.75. The number of carbonyl (C=O) groups is 2. The Morgan fingerprint density at radius 2 is 1.82 bits per heavy atom. The molecule has 0 aromatic heterocycles. The van der Waals surface area contributed by atoms with Crippen molar-refractivity contribution in [2.75, 3.05) is 13.1 Å². The fourth-order valence-electron chi connectivity index (χ4n) is 3.18. The van der Waals surface area contributed by atoms with Crippen molar-refractivity contribution in [1.29, 1.82) is 0 Å². The number of carboxylic acids is 1. The third-order valence-corrected chi connectivity index (χ3v) is 4.34. The van der Waals surface area contributed by atoms with Crippen molar-refractivity contribution >= 4 is 11.9 Å². The van der Waals surface area contributed by atoms with Crippen LogP contribution >= 0.6 is 0 Å². The molecule has 1 amide bonds. The molecule has 1 heterocycles. The number of piperidine rings is 1. The molecule has 3 atom stereocenters. The molecule has 0 spiro atoms. The predicted molar refractivity (Wildman–Crippen MR) is 63.4 cm³/mol. The van der Waals surface area contributed by atoms with Crippen molar-refractivity contribution in [3.8, 4) is 0 Å². The van der Waals surface area contributed by atoms with E-state index in [0.29, 0.717) is 5.92 Å². The van der Waals surface area contributed by atoms with Crippen molar-refractivity contribution in [1.82, 2.24) is 4.90 Å². The first-order valence-electron chi connectivity index (χ1n) is 6.61. The molecule has 0 radical (unpaired) electrons. The molecule has 2 fully saturated rings. The molecule has 4 heteroatoms. The van der Waals surface area contributed by atoms with Crippen LogP contribution in [0.3, 0.4) is 0 Å². The van der Waals surface area contributed by atoms with Gasteiger partial charge in [-0.05, 0) is 31.6 Å². The predicted octanol–water partition coefficient (Wildman–Crippen LogP) is 1.75. The van der Waals surface area contributed by atoms with E-state index in [2.05, 4.69) is 0 Å². The van der Waals surface area contributed by atoms with Gasteiger partial charge in [0.05, 0.1) is 0 Å². The van der Waals surface area contributed by atoms with Gasteiger partial charge in [0, 0.05) is 13.1 Å². The highest BCUT2D eigenvalue weighted by Gasteiger charge is 2.35. The third kappa shape index (κ3) is 2.61. The first kappa shape index (κ1) is 12.4. The minimum Gasteiger partial charge on any atom is -0.481 e. The minimum atomic E-state index is -1.01. The van der Waals surface area contributed by atoms with Crippen molar-refractivity contribution in [3.05, 3.63) is 0 Å². The molecule has 2 rings (SSSR count). The lowest BCUT2D eigenvalue weighted by Gasteiger charge is -2.41. The Morgan fingerprint density at radius 3 is 2.47 bits per heavy atom. The summed E-state index contributed by atoms with van der Waals surface area (Å²) in [6.45, 7) is 3.01. The van der Waals surface area contributed by atoms with Crippen LogP contribution in [0, 0.1) is 17.8 Å². The van der Waals surface area contributed by atoms with Crippen LogP contribution < -0.4 is 0 Å². The Morgan fingerprint density at radius 1 is 1.18 bits per heavy atom. The largest absolute Gasteiger partial charge is 0.481 e. The molecule has 0 bridgehead atoms. The van der Waals surface area contributed by atoms with Crippen LogP contribution in [0.15, 0.2) is 0 Å². The molecule has 1 unspecified atom stereocenters. The van der Waals surface area contributed by atoms with E-state index in [1.807, 2.05) is 0 Å². The molecule has 1 N–H and O–H groups in total. The maximum atomic E-state index is 12.0. The lowest BCUT2D eigenvalue weighted by Crippen LogP contribution is -2.47. The van der Waals surface area contributed by atoms with E-state index < -0.39 is 11.9 Å². The van der Waals surface area contributed by atoms with E-state index in [4.69, 9.17) is 5.11 Å². The van der Waals surface area contributed by atoms with E-state index in [9.17, 15) is 9.59 Å². The number of likely N-dealkylation sites (tertiary alicyclic amines) is 1. The SMILES string of the molecule is CC(C(=O)O)C(=O)N1CC[C@@H]2CCCC[C@H]2C1. The zero-order valence-electron chi connectivity index (χ0n) is 10.4. The number of hydrogen-bond acceptors (Lipinski definition) is 2. The molecule has 2 aliphatic rings. The van der Waals surface area contributed by atoms with E-state index in [1.54, 1.807) is 4.90 Å². The highest BCUT2D eigenvalue weighted by atomic mass is 16.4. The maximum Gasteiger partial charge on any atom is 0.315 e. The van der Waals surface area contributed by atoms with Crippen molar-refractivity contribution in [3.63, 3.8) is 0 Å². The average molecular weight is 239 g/mol. The summed E-state index contributed by atoms with van der Waals surface area (Å²) in [5.41, 5.74) is 0. The molecule has 0 aromatic rings. The van der Waals surface area contributed by atoms with Gasteiger partial charge < -0.3 is 10.0 Å². The molecule has 4 nitrogen and oxygen atoms in total. The van der Waals surface area contributed by atoms with Crippen LogP contribution in [0.2, 0.25) is 0 Å². The molecule has 1 saturated heterocycles. The summed E-state index contributed by atoms with van der Waals surface area (Å²) >= 11 is 0. The van der Waals surface area contributed by atoms with Crippen LogP contribution in [0.25, 0.3) is 0 Å². The lowest BCUT2D eigenvalue weighted by molar-refractivity contribution is -0.151. The highest BCUT2D eigenvalue weighted by Crippen LogP contribution is 2.36. The van der Waals surface area contributed by atoms with E-state index in [1.165, 1.54) is 32.6 Å². The summed E-state index contributed by atoms with van der Waals surface area (Å²) in [7, 11) is 0. The fraction of sp³-hybridized carbons (Fsp3) is 0.846. The van der Waals surface area contributed by atoms with Gasteiger partial charge in [0.15, 0.2) is 0 Å². The van der Waals surface area contributed by atoms with Gasteiger partial charge in [0.1, 0.15) is 5.92 Å². The molecule has 1 aliphatic heterocycles. The number of nitrogens with zero attached hydrogens (tertiary/aromatic N) is 1. The first-order valence-corrected chi connectivity index (χ1v) is 6.61. The van der Waals surface area contributed by atoms with Crippen LogP contribution in [-0.2, 0) is 9.59 Å². The van der Waals surface area contributed by atoms with E-state index in [0.717, 1.165) is 25.4 Å². The van der Waals surface area contributed by atoms with Crippen LogP contribution in [0.4, 0.5) is 0 Å². The average Bonchev–Trinajstić information content (AvgIpc) is 2.36. The second-order valence-electron chi connectivity index (χ2n) is 5.44. The van der Waals surface area contributed by atoms with Crippen molar-refractivity contribution in [2.45, 2.75) is 39.0 Å². The van der Waals surface area contributed by atoms with E-state index >= 15 is 0 Å². The van der Waals surface area contributed by atoms with E-state index in [-0.39, 0.29) is 5.91 Å². The number of carbonyl (C=O) groups excluding carboxylic acids is 1. The smallest absolute Gasteiger partial charge is 0.315 e. The van der Waals surface area contributed by atoms with Crippen LogP contribution in [-0.4, -0.2) is 35.0 Å². The highest BCUT2D eigenvalue weighted by molar-refractivity contribution is 5.96. The van der Waals surface area contributed by atoms with Gasteiger partial charge in [-0.3, -0.25) is 9.59 Å². The zero-order valence-corrected chi connectivity index (χ0v) is 10.4. The number of hydrogen-bond donors (Lipinski definition) is 1. The summed E-state index contributed by atoms with van der Waals surface area (Å²) < 4.78 is 0.